The molecule has 1 saturated heterocycles. The molecule has 5 nitrogen and oxygen atoms in total. The van der Waals surface area contributed by atoms with Gasteiger partial charge >= 0.3 is 0 Å². The molecule has 2 aromatic carbocycles. The van der Waals surface area contributed by atoms with Crippen LogP contribution in [0.4, 0.5) is 29.2 Å². The molecule has 2 heterocycles. The predicted octanol–water partition coefficient (Wildman–Crippen LogP) is 4.08. The molecule has 5 rings (SSSR count). The average Bonchev–Trinajstić information content (AvgIpc) is 3.56. The Balaban J connectivity index is 1.36. The molecule has 0 atom stereocenters. The Hall–Kier alpha value is -2.94. The average molecular weight is 431 g/mol. The van der Waals surface area contributed by atoms with Gasteiger partial charge in [0.1, 0.15) is 11.6 Å². The summed E-state index contributed by atoms with van der Waals surface area (Å²) in [5.41, 5.74) is 0.915. The minimum absolute atomic E-state index is 0.291. The van der Waals surface area contributed by atoms with E-state index in [4.69, 9.17) is 0 Å². The maximum atomic E-state index is 14.0. The minimum atomic E-state index is -0.961. The second kappa shape index (κ2) is 7.96. The number of hydrogen-bond acceptors (Lipinski definition) is 5. The number of hydrogen-bond donors (Lipinski definition) is 1. The Labute approximate surface area is 176 Å². The third kappa shape index (κ3) is 4.27. The number of fused-ring (bicyclic) bond motifs is 1. The lowest BCUT2D eigenvalue weighted by atomic mass is 10.1. The molecular formula is C22H21F4N5. The van der Waals surface area contributed by atoms with E-state index in [9.17, 15) is 17.6 Å². The van der Waals surface area contributed by atoms with Crippen molar-refractivity contribution < 1.29 is 17.6 Å². The number of aromatic nitrogens is 2. The van der Waals surface area contributed by atoms with E-state index in [1.54, 1.807) is 0 Å². The van der Waals surface area contributed by atoms with Crippen LogP contribution < -0.4 is 10.2 Å². The fraction of sp³-hybridized carbons (Fsp3) is 0.364. The lowest BCUT2D eigenvalue weighted by Gasteiger charge is -2.36. The van der Waals surface area contributed by atoms with E-state index >= 15 is 0 Å². The van der Waals surface area contributed by atoms with Crippen LogP contribution in [0.25, 0.3) is 11.0 Å². The van der Waals surface area contributed by atoms with Crippen LogP contribution in [0.2, 0.25) is 0 Å². The van der Waals surface area contributed by atoms with Crippen molar-refractivity contribution in [1.82, 2.24) is 14.9 Å². The highest BCUT2D eigenvalue weighted by atomic mass is 19.2. The normalized spacial score (nSPS) is 17.4. The molecule has 0 unspecified atom stereocenters. The van der Waals surface area contributed by atoms with Crippen LogP contribution >= 0.6 is 0 Å². The van der Waals surface area contributed by atoms with E-state index in [-0.39, 0.29) is 0 Å². The molecule has 2 aliphatic rings. The van der Waals surface area contributed by atoms with Crippen molar-refractivity contribution in [2.24, 2.45) is 0 Å². The Morgan fingerprint density at radius 3 is 2.19 bits per heavy atom. The van der Waals surface area contributed by atoms with Gasteiger partial charge in [0.15, 0.2) is 23.3 Å². The molecule has 3 aromatic rings. The smallest absolute Gasteiger partial charge is 0.172 e. The van der Waals surface area contributed by atoms with Gasteiger partial charge in [0.25, 0.3) is 0 Å². The molecule has 0 bridgehead atoms. The van der Waals surface area contributed by atoms with Crippen LogP contribution in [0.15, 0.2) is 30.3 Å². The number of nitrogens with zero attached hydrogens (tertiary/aromatic N) is 4. The monoisotopic (exact) mass is 431 g/mol. The van der Waals surface area contributed by atoms with E-state index in [0.29, 0.717) is 67.0 Å². The summed E-state index contributed by atoms with van der Waals surface area (Å²) in [6.07, 6.45) is 2.06. The maximum absolute atomic E-state index is 14.0. The summed E-state index contributed by atoms with van der Waals surface area (Å²) in [4.78, 5) is 13.2. The van der Waals surface area contributed by atoms with E-state index in [2.05, 4.69) is 15.3 Å². The third-order valence-electron chi connectivity index (χ3n) is 5.68. The van der Waals surface area contributed by atoms with Gasteiger partial charge in [0.05, 0.1) is 11.0 Å². The van der Waals surface area contributed by atoms with Gasteiger partial charge < -0.3 is 10.2 Å². The lowest BCUT2D eigenvalue weighted by molar-refractivity contribution is 0.246. The van der Waals surface area contributed by atoms with Crippen molar-refractivity contribution >= 4 is 22.7 Å². The zero-order valence-corrected chi connectivity index (χ0v) is 16.7. The van der Waals surface area contributed by atoms with Crippen LogP contribution in [0.1, 0.15) is 18.4 Å². The highest BCUT2D eigenvalue weighted by Gasteiger charge is 2.27. The van der Waals surface area contributed by atoms with Crippen LogP contribution in [-0.4, -0.2) is 47.1 Å². The van der Waals surface area contributed by atoms with Gasteiger partial charge in [0, 0.05) is 56.5 Å². The minimum Gasteiger partial charge on any atom is -0.364 e. The molecule has 1 aromatic heterocycles. The van der Waals surface area contributed by atoms with E-state index in [0.717, 1.165) is 37.1 Å². The number of rotatable bonds is 5. The quantitative estimate of drug-likeness (QED) is 0.617. The van der Waals surface area contributed by atoms with Crippen LogP contribution in [0.3, 0.4) is 0 Å². The molecule has 31 heavy (non-hydrogen) atoms. The third-order valence-corrected chi connectivity index (χ3v) is 5.68. The fourth-order valence-electron chi connectivity index (χ4n) is 3.80. The van der Waals surface area contributed by atoms with Crippen LogP contribution in [-0.2, 0) is 6.54 Å². The molecule has 162 valence electrons. The Morgan fingerprint density at radius 2 is 1.52 bits per heavy atom. The first-order valence-corrected chi connectivity index (χ1v) is 10.3. The summed E-state index contributed by atoms with van der Waals surface area (Å²) in [6, 6.07) is 5.91. The van der Waals surface area contributed by atoms with Crippen LogP contribution in [0.5, 0.6) is 0 Å². The van der Waals surface area contributed by atoms with Gasteiger partial charge in [-0.15, -0.1) is 0 Å². The topological polar surface area (TPSA) is 44.3 Å². The van der Waals surface area contributed by atoms with Crippen molar-refractivity contribution in [2.45, 2.75) is 25.4 Å². The predicted molar refractivity (Wildman–Crippen MR) is 110 cm³/mol. The molecular weight excluding hydrogens is 410 g/mol. The number of halogens is 4. The first kappa shape index (κ1) is 20.0. The summed E-state index contributed by atoms with van der Waals surface area (Å²) < 4.78 is 54.8. The summed E-state index contributed by atoms with van der Waals surface area (Å²) in [5.74, 6) is -1.63. The van der Waals surface area contributed by atoms with Crippen LogP contribution in [0, 0.1) is 23.3 Å². The van der Waals surface area contributed by atoms with Crippen molar-refractivity contribution in [3.8, 4) is 0 Å². The number of nitrogens with one attached hydrogen (secondary N) is 1. The summed E-state index contributed by atoms with van der Waals surface area (Å²) >= 11 is 0. The lowest BCUT2D eigenvalue weighted by Crippen LogP contribution is -2.46. The Bertz CT molecular complexity index is 1130. The largest absolute Gasteiger partial charge is 0.364 e. The molecule has 1 aliphatic heterocycles. The first-order valence-electron chi connectivity index (χ1n) is 10.3. The molecule has 0 spiro atoms. The zero-order valence-electron chi connectivity index (χ0n) is 16.7. The van der Waals surface area contributed by atoms with Crippen molar-refractivity contribution in [3.05, 3.63) is 59.2 Å². The van der Waals surface area contributed by atoms with Gasteiger partial charge in [-0.05, 0) is 31.0 Å². The summed E-state index contributed by atoms with van der Waals surface area (Å²) in [6.45, 7) is 2.76. The summed E-state index contributed by atoms with van der Waals surface area (Å²) in [5, 5.41) is 3.34. The summed E-state index contributed by atoms with van der Waals surface area (Å²) in [7, 11) is 0. The van der Waals surface area contributed by atoms with Crippen molar-refractivity contribution in [2.75, 3.05) is 36.4 Å². The SMILES string of the molecule is Fc1ccc(F)c(CN2CCN(c3nc4cc(F)c(F)cc4nc3NC3CC3)CC2)c1. The van der Waals surface area contributed by atoms with Crippen molar-refractivity contribution in [1.29, 1.82) is 0 Å². The molecule has 0 radical (unpaired) electrons. The van der Waals surface area contributed by atoms with Gasteiger partial charge in [-0.2, -0.15) is 0 Å². The molecule has 1 saturated carbocycles. The molecule has 1 N–H and O–H groups in total. The number of anilines is 2. The molecule has 9 heteroatoms. The van der Waals surface area contributed by atoms with Gasteiger partial charge in [-0.25, -0.2) is 27.5 Å². The Morgan fingerprint density at radius 1 is 0.839 bits per heavy atom. The highest BCUT2D eigenvalue weighted by molar-refractivity contribution is 5.81. The van der Waals surface area contributed by atoms with Gasteiger partial charge in [0.2, 0.25) is 0 Å². The van der Waals surface area contributed by atoms with Gasteiger partial charge in [-0.1, -0.05) is 0 Å². The molecule has 0 amide bonds. The number of benzene rings is 2. The molecule has 2 fully saturated rings. The standard InChI is InChI=1S/C22H21F4N5/c23-14-1-4-16(24)13(9-14)12-30-5-7-31(8-6-30)22-21(27-15-2-3-15)28-19-10-17(25)18(26)11-20(19)29-22/h1,4,9-11,15H,2-3,5-8,12H2,(H,27,28). The number of piperazine rings is 1. The molecule has 1 aliphatic carbocycles. The zero-order chi connectivity index (χ0) is 21.5. The van der Waals surface area contributed by atoms with E-state index in [1.165, 1.54) is 6.07 Å². The second-order valence-electron chi connectivity index (χ2n) is 8.07. The Kier molecular flexibility index (Phi) is 5.13. The highest BCUT2D eigenvalue weighted by Crippen LogP contribution is 2.32. The van der Waals surface area contributed by atoms with Crippen molar-refractivity contribution in [3.63, 3.8) is 0 Å². The van der Waals surface area contributed by atoms with Gasteiger partial charge in [-0.3, -0.25) is 4.90 Å². The first-order chi connectivity index (χ1) is 15.0. The second-order valence-corrected chi connectivity index (χ2v) is 8.07. The van der Waals surface area contributed by atoms with E-state index < -0.39 is 23.3 Å². The van der Waals surface area contributed by atoms with E-state index in [1.807, 2.05) is 9.80 Å². The maximum Gasteiger partial charge on any atom is 0.172 e. The fourth-order valence-corrected chi connectivity index (χ4v) is 3.80.